The van der Waals surface area contributed by atoms with Crippen LogP contribution in [0.3, 0.4) is 0 Å². The standard InChI is InChI=1S/C27H32N2O5S2/c1-5-33-26-9-7-6-8-25(26)29(36(31,32)24-14-12-23(35-4)13-15-24)19-27(30)28-16-17-34-22-11-10-20(2)21(3)18-22/h6-15,18H,5,16-17,19H2,1-4H3,(H,28,30). The molecule has 3 rings (SSSR count). The van der Waals surface area contributed by atoms with E-state index in [-0.39, 0.29) is 18.0 Å². The van der Waals surface area contributed by atoms with Gasteiger partial charge in [0.15, 0.2) is 0 Å². The fraction of sp³-hybridized carbons (Fsp3) is 0.296. The van der Waals surface area contributed by atoms with E-state index in [0.29, 0.717) is 18.0 Å². The van der Waals surface area contributed by atoms with Gasteiger partial charge in [0.2, 0.25) is 5.91 Å². The Hall–Kier alpha value is -3.17. The Morgan fingerprint density at radius 1 is 0.972 bits per heavy atom. The number of hydrogen-bond donors (Lipinski definition) is 1. The zero-order chi connectivity index (χ0) is 26.1. The minimum Gasteiger partial charge on any atom is -0.492 e. The SMILES string of the molecule is CCOc1ccccc1N(CC(=O)NCCOc1ccc(C)c(C)c1)S(=O)(=O)c1ccc(SC)cc1. The number of anilines is 1. The van der Waals surface area contributed by atoms with Gasteiger partial charge in [-0.25, -0.2) is 8.42 Å². The monoisotopic (exact) mass is 528 g/mol. The fourth-order valence-corrected chi connectivity index (χ4v) is 5.30. The van der Waals surface area contributed by atoms with Gasteiger partial charge < -0.3 is 14.8 Å². The van der Waals surface area contributed by atoms with Gasteiger partial charge in [0, 0.05) is 4.90 Å². The van der Waals surface area contributed by atoms with Crippen molar-refractivity contribution in [2.45, 2.75) is 30.6 Å². The van der Waals surface area contributed by atoms with Crippen molar-refractivity contribution in [1.29, 1.82) is 0 Å². The second kappa shape index (κ2) is 12.7. The van der Waals surface area contributed by atoms with E-state index in [1.165, 1.54) is 17.3 Å². The molecule has 0 aromatic heterocycles. The number of thioether (sulfide) groups is 1. The van der Waals surface area contributed by atoms with Crippen LogP contribution in [-0.4, -0.2) is 46.9 Å². The van der Waals surface area contributed by atoms with Crippen molar-refractivity contribution in [2.24, 2.45) is 0 Å². The number of para-hydroxylation sites is 2. The lowest BCUT2D eigenvalue weighted by molar-refractivity contribution is -0.119. The molecule has 0 heterocycles. The Labute approximate surface area is 217 Å². The smallest absolute Gasteiger partial charge is 0.264 e. The molecular weight excluding hydrogens is 496 g/mol. The van der Waals surface area contributed by atoms with Crippen molar-refractivity contribution in [3.05, 3.63) is 77.9 Å². The van der Waals surface area contributed by atoms with Crippen LogP contribution in [0.2, 0.25) is 0 Å². The average molecular weight is 529 g/mol. The molecule has 1 amide bonds. The van der Waals surface area contributed by atoms with E-state index >= 15 is 0 Å². The van der Waals surface area contributed by atoms with Gasteiger partial charge in [-0.2, -0.15) is 0 Å². The zero-order valence-electron chi connectivity index (χ0n) is 21.0. The van der Waals surface area contributed by atoms with Crippen molar-refractivity contribution >= 4 is 33.4 Å². The molecule has 0 spiro atoms. The van der Waals surface area contributed by atoms with E-state index in [2.05, 4.69) is 5.32 Å². The van der Waals surface area contributed by atoms with Gasteiger partial charge >= 0.3 is 0 Å². The first-order chi connectivity index (χ1) is 17.3. The molecule has 0 aliphatic heterocycles. The van der Waals surface area contributed by atoms with Crippen LogP contribution >= 0.6 is 11.8 Å². The average Bonchev–Trinajstić information content (AvgIpc) is 2.88. The third-order valence-electron chi connectivity index (χ3n) is 5.54. The molecule has 1 N–H and O–H groups in total. The summed E-state index contributed by atoms with van der Waals surface area (Å²) in [6.45, 7) is 6.30. The maximum absolute atomic E-state index is 13.7. The number of ether oxygens (including phenoxy) is 2. The van der Waals surface area contributed by atoms with Crippen LogP contribution < -0.4 is 19.1 Å². The van der Waals surface area contributed by atoms with Crippen molar-refractivity contribution in [3.63, 3.8) is 0 Å². The van der Waals surface area contributed by atoms with Crippen LogP contribution in [0.1, 0.15) is 18.1 Å². The van der Waals surface area contributed by atoms with Crippen LogP contribution in [0.4, 0.5) is 5.69 Å². The molecule has 3 aromatic carbocycles. The van der Waals surface area contributed by atoms with E-state index in [0.717, 1.165) is 20.5 Å². The molecule has 0 atom stereocenters. The summed E-state index contributed by atoms with van der Waals surface area (Å²) < 4.78 is 39.8. The Balaban J connectivity index is 1.77. The highest BCUT2D eigenvalue weighted by atomic mass is 32.2. The molecule has 0 bridgehead atoms. The van der Waals surface area contributed by atoms with Crippen LogP contribution in [-0.2, 0) is 14.8 Å². The lowest BCUT2D eigenvalue weighted by Gasteiger charge is -2.26. The second-order valence-electron chi connectivity index (χ2n) is 8.03. The van der Waals surface area contributed by atoms with Crippen LogP contribution in [0.15, 0.2) is 76.5 Å². The number of benzene rings is 3. The van der Waals surface area contributed by atoms with Crippen LogP contribution in [0, 0.1) is 13.8 Å². The molecule has 0 radical (unpaired) electrons. The number of sulfonamides is 1. The number of rotatable bonds is 12. The number of aryl methyl sites for hydroxylation is 2. The van der Waals surface area contributed by atoms with Crippen molar-refractivity contribution in [2.75, 3.05) is 36.9 Å². The van der Waals surface area contributed by atoms with E-state index in [9.17, 15) is 13.2 Å². The third-order valence-corrected chi connectivity index (χ3v) is 8.06. The maximum atomic E-state index is 13.7. The number of nitrogens with zero attached hydrogens (tertiary/aromatic N) is 1. The normalized spacial score (nSPS) is 11.1. The Morgan fingerprint density at radius 3 is 2.36 bits per heavy atom. The highest BCUT2D eigenvalue weighted by molar-refractivity contribution is 7.98. The summed E-state index contributed by atoms with van der Waals surface area (Å²) in [7, 11) is -4.05. The first kappa shape index (κ1) is 27.4. The minimum atomic E-state index is -4.05. The highest BCUT2D eigenvalue weighted by Crippen LogP contribution is 2.32. The molecule has 0 fully saturated rings. The Bertz CT molecular complexity index is 1280. The molecule has 36 heavy (non-hydrogen) atoms. The topological polar surface area (TPSA) is 84.9 Å². The lowest BCUT2D eigenvalue weighted by Crippen LogP contribution is -2.42. The Kier molecular flexibility index (Phi) is 9.66. The van der Waals surface area contributed by atoms with Crippen molar-refractivity contribution in [1.82, 2.24) is 5.32 Å². The molecule has 0 aliphatic rings. The summed E-state index contributed by atoms with van der Waals surface area (Å²) in [6.07, 6.45) is 1.92. The van der Waals surface area contributed by atoms with Crippen LogP contribution in [0.5, 0.6) is 11.5 Å². The van der Waals surface area contributed by atoms with Crippen molar-refractivity contribution in [3.8, 4) is 11.5 Å². The number of nitrogens with one attached hydrogen (secondary N) is 1. The highest BCUT2D eigenvalue weighted by Gasteiger charge is 2.29. The van der Waals surface area contributed by atoms with Gasteiger partial charge in [-0.05, 0) is 86.7 Å². The van der Waals surface area contributed by atoms with Gasteiger partial charge in [0.25, 0.3) is 10.0 Å². The van der Waals surface area contributed by atoms with Gasteiger partial charge in [-0.15, -0.1) is 11.8 Å². The van der Waals surface area contributed by atoms with E-state index in [4.69, 9.17) is 9.47 Å². The molecular formula is C27H32N2O5S2. The van der Waals surface area contributed by atoms with E-state index < -0.39 is 22.5 Å². The Morgan fingerprint density at radius 2 is 1.69 bits per heavy atom. The summed E-state index contributed by atoms with van der Waals surface area (Å²) in [5.74, 6) is 0.653. The maximum Gasteiger partial charge on any atom is 0.264 e. The molecule has 192 valence electrons. The number of carbonyl (C=O) groups excluding carboxylic acids is 1. The summed E-state index contributed by atoms with van der Waals surface area (Å²) in [5, 5.41) is 2.76. The molecule has 0 saturated carbocycles. The molecule has 9 heteroatoms. The zero-order valence-corrected chi connectivity index (χ0v) is 22.6. The summed E-state index contributed by atoms with van der Waals surface area (Å²) in [4.78, 5) is 13.9. The van der Waals surface area contributed by atoms with Crippen molar-refractivity contribution < 1.29 is 22.7 Å². The largest absolute Gasteiger partial charge is 0.492 e. The molecule has 0 saturated heterocycles. The molecule has 3 aromatic rings. The quantitative estimate of drug-likeness (QED) is 0.268. The predicted molar refractivity (Wildman–Crippen MR) is 145 cm³/mol. The van der Waals surface area contributed by atoms with E-state index in [1.54, 1.807) is 48.5 Å². The summed E-state index contributed by atoms with van der Waals surface area (Å²) in [6, 6.07) is 19.2. The summed E-state index contributed by atoms with van der Waals surface area (Å²) >= 11 is 1.52. The number of amides is 1. The lowest BCUT2D eigenvalue weighted by atomic mass is 10.1. The number of carbonyl (C=O) groups is 1. The molecule has 0 aliphatic carbocycles. The van der Waals surface area contributed by atoms with E-state index in [1.807, 2.05) is 45.2 Å². The van der Waals surface area contributed by atoms with Gasteiger partial charge in [0.1, 0.15) is 24.7 Å². The predicted octanol–water partition coefficient (Wildman–Crippen LogP) is 4.81. The third kappa shape index (κ3) is 6.95. The van der Waals surface area contributed by atoms with Gasteiger partial charge in [-0.1, -0.05) is 18.2 Å². The first-order valence-electron chi connectivity index (χ1n) is 11.6. The minimum absolute atomic E-state index is 0.0949. The fourth-order valence-electron chi connectivity index (χ4n) is 3.46. The molecule has 0 unspecified atom stereocenters. The number of hydrogen-bond acceptors (Lipinski definition) is 6. The van der Waals surface area contributed by atoms with Crippen LogP contribution in [0.25, 0.3) is 0 Å². The van der Waals surface area contributed by atoms with Gasteiger partial charge in [0.05, 0.1) is 23.7 Å². The van der Waals surface area contributed by atoms with Gasteiger partial charge in [-0.3, -0.25) is 9.10 Å². The second-order valence-corrected chi connectivity index (χ2v) is 10.8. The first-order valence-corrected chi connectivity index (χ1v) is 14.3. The molecule has 7 nitrogen and oxygen atoms in total. The summed E-state index contributed by atoms with van der Waals surface area (Å²) in [5.41, 5.74) is 2.60.